The van der Waals surface area contributed by atoms with Crippen molar-refractivity contribution in [1.82, 2.24) is 10.3 Å². The van der Waals surface area contributed by atoms with Crippen molar-refractivity contribution in [1.29, 1.82) is 0 Å². The Morgan fingerprint density at radius 2 is 2.27 bits per heavy atom. The zero-order valence-electron chi connectivity index (χ0n) is 7.59. The minimum atomic E-state index is 0.510. The number of nitrogens with zero attached hydrogens (tertiary/aromatic N) is 2. The van der Waals surface area contributed by atoms with Crippen molar-refractivity contribution in [2.24, 2.45) is 11.0 Å². The summed E-state index contributed by atoms with van der Waals surface area (Å²) in [6, 6.07) is 0. The fraction of sp³-hybridized carbons (Fsp3) is 0.875. The molecule has 1 rings (SSSR count). The second kappa shape index (κ2) is 3.60. The Morgan fingerprint density at radius 3 is 2.91 bits per heavy atom. The molecule has 1 aliphatic heterocycles. The molecule has 3 nitrogen and oxygen atoms in total. The average Bonchev–Trinajstić information content (AvgIpc) is 2.13. The number of amidine groups is 1. The van der Waals surface area contributed by atoms with Crippen LogP contribution in [0, 0.1) is 5.92 Å². The van der Waals surface area contributed by atoms with Gasteiger partial charge in [-0.05, 0) is 6.42 Å². The van der Waals surface area contributed by atoms with Crippen LogP contribution < -0.4 is 5.32 Å². The molecule has 3 heteroatoms. The number of hydrogen-bond acceptors (Lipinski definition) is 3. The summed E-state index contributed by atoms with van der Waals surface area (Å²) in [5.41, 5.74) is 0. The lowest BCUT2D eigenvalue weighted by molar-refractivity contribution is 0.356. The van der Waals surface area contributed by atoms with Gasteiger partial charge in [-0.1, -0.05) is 13.8 Å². The molecule has 0 spiro atoms. The molecule has 0 aliphatic carbocycles. The van der Waals surface area contributed by atoms with E-state index < -0.39 is 0 Å². The Morgan fingerprint density at radius 1 is 1.55 bits per heavy atom. The minimum Gasteiger partial charge on any atom is -0.372 e. The minimum absolute atomic E-state index is 0.510. The standard InChI is InChI=1S/C8H17N3/c1-7(2)8-9-5-4-6-11(3)10-8/h7H,4-6H2,1-3H3,(H,9,10). The van der Waals surface area contributed by atoms with Crippen molar-refractivity contribution in [3.8, 4) is 0 Å². The maximum atomic E-state index is 4.41. The first-order chi connectivity index (χ1) is 5.20. The van der Waals surface area contributed by atoms with Gasteiger partial charge in [-0.25, -0.2) is 0 Å². The SMILES string of the molecule is CC(C)C1=NN(C)CCCN1. The van der Waals surface area contributed by atoms with Crippen LogP contribution in [0.15, 0.2) is 5.10 Å². The normalized spacial score (nSPS) is 19.3. The summed E-state index contributed by atoms with van der Waals surface area (Å²) in [6.07, 6.45) is 1.18. The third-order valence-electron chi connectivity index (χ3n) is 1.79. The highest BCUT2D eigenvalue weighted by Crippen LogP contribution is 2.00. The molecule has 0 aromatic rings. The third-order valence-corrected chi connectivity index (χ3v) is 1.79. The molecule has 0 fully saturated rings. The van der Waals surface area contributed by atoms with Gasteiger partial charge in [0.25, 0.3) is 0 Å². The summed E-state index contributed by atoms with van der Waals surface area (Å²) < 4.78 is 0. The maximum Gasteiger partial charge on any atom is 0.124 e. The Balaban J connectivity index is 2.59. The molecule has 1 aliphatic rings. The van der Waals surface area contributed by atoms with Crippen molar-refractivity contribution < 1.29 is 0 Å². The molecule has 0 saturated carbocycles. The highest BCUT2D eigenvalue weighted by molar-refractivity contribution is 5.83. The van der Waals surface area contributed by atoms with Gasteiger partial charge in [-0.15, -0.1) is 0 Å². The molecular weight excluding hydrogens is 138 g/mol. The summed E-state index contributed by atoms with van der Waals surface area (Å²) >= 11 is 0. The van der Waals surface area contributed by atoms with Crippen LogP contribution in [0.5, 0.6) is 0 Å². The van der Waals surface area contributed by atoms with Crippen LogP contribution in [-0.4, -0.2) is 31.0 Å². The smallest absolute Gasteiger partial charge is 0.124 e. The Labute approximate surface area is 68.5 Å². The molecule has 11 heavy (non-hydrogen) atoms. The van der Waals surface area contributed by atoms with Gasteiger partial charge in [-0.2, -0.15) is 5.10 Å². The van der Waals surface area contributed by atoms with E-state index in [2.05, 4.69) is 24.3 Å². The van der Waals surface area contributed by atoms with Crippen LogP contribution in [0.1, 0.15) is 20.3 Å². The molecule has 0 bridgehead atoms. The van der Waals surface area contributed by atoms with Gasteiger partial charge in [0.15, 0.2) is 0 Å². The average molecular weight is 155 g/mol. The van der Waals surface area contributed by atoms with Gasteiger partial charge in [0, 0.05) is 26.1 Å². The quantitative estimate of drug-likeness (QED) is 0.608. The van der Waals surface area contributed by atoms with Crippen LogP contribution in [0.25, 0.3) is 0 Å². The summed E-state index contributed by atoms with van der Waals surface area (Å²) in [6.45, 7) is 6.43. The number of hydrogen-bond donors (Lipinski definition) is 1. The topological polar surface area (TPSA) is 27.6 Å². The van der Waals surface area contributed by atoms with E-state index in [9.17, 15) is 0 Å². The molecular formula is C8H17N3. The lowest BCUT2D eigenvalue weighted by Gasteiger charge is -2.12. The van der Waals surface area contributed by atoms with E-state index in [1.165, 1.54) is 6.42 Å². The summed E-state index contributed by atoms with van der Waals surface area (Å²) in [5.74, 6) is 1.63. The van der Waals surface area contributed by atoms with Crippen LogP contribution in [0.4, 0.5) is 0 Å². The summed E-state index contributed by atoms with van der Waals surface area (Å²) in [4.78, 5) is 0. The lowest BCUT2D eigenvalue weighted by Crippen LogP contribution is -2.28. The Hall–Kier alpha value is -0.730. The Bertz CT molecular complexity index is 151. The van der Waals surface area contributed by atoms with Crippen molar-refractivity contribution in [2.75, 3.05) is 20.1 Å². The van der Waals surface area contributed by atoms with Gasteiger partial charge >= 0.3 is 0 Å². The number of hydrazone groups is 1. The fourth-order valence-corrected chi connectivity index (χ4v) is 1.11. The Kier molecular flexibility index (Phi) is 2.74. The van der Waals surface area contributed by atoms with Crippen LogP contribution >= 0.6 is 0 Å². The van der Waals surface area contributed by atoms with Crippen molar-refractivity contribution >= 4 is 5.84 Å². The van der Waals surface area contributed by atoms with Crippen molar-refractivity contribution in [2.45, 2.75) is 20.3 Å². The zero-order valence-corrected chi connectivity index (χ0v) is 7.59. The second-order valence-electron chi connectivity index (χ2n) is 3.30. The second-order valence-corrected chi connectivity index (χ2v) is 3.30. The van der Waals surface area contributed by atoms with Gasteiger partial charge in [-0.3, -0.25) is 5.01 Å². The van der Waals surface area contributed by atoms with E-state index in [1.807, 2.05) is 12.1 Å². The number of nitrogens with one attached hydrogen (secondary N) is 1. The van der Waals surface area contributed by atoms with Crippen molar-refractivity contribution in [3.05, 3.63) is 0 Å². The molecule has 0 aromatic heterocycles. The van der Waals surface area contributed by atoms with E-state index in [1.54, 1.807) is 0 Å². The largest absolute Gasteiger partial charge is 0.372 e. The highest BCUT2D eigenvalue weighted by atomic mass is 15.5. The fourth-order valence-electron chi connectivity index (χ4n) is 1.11. The predicted molar refractivity (Wildman–Crippen MR) is 47.5 cm³/mol. The molecule has 0 unspecified atom stereocenters. The summed E-state index contributed by atoms with van der Waals surface area (Å²) in [7, 11) is 2.02. The van der Waals surface area contributed by atoms with E-state index >= 15 is 0 Å². The van der Waals surface area contributed by atoms with Crippen LogP contribution in [0.3, 0.4) is 0 Å². The first kappa shape index (κ1) is 8.37. The lowest BCUT2D eigenvalue weighted by atomic mass is 10.2. The zero-order chi connectivity index (χ0) is 8.27. The molecule has 0 amide bonds. The molecule has 0 radical (unpaired) electrons. The molecule has 0 saturated heterocycles. The molecule has 1 N–H and O–H groups in total. The first-order valence-electron chi connectivity index (χ1n) is 4.23. The van der Waals surface area contributed by atoms with E-state index in [0.29, 0.717) is 5.92 Å². The van der Waals surface area contributed by atoms with Crippen molar-refractivity contribution in [3.63, 3.8) is 0 Å². The van der Waals surface area contributed by atoms with Crippen LogP contribution in [-0.2, 0) is 0 Å². The number of rotatable bonds is 1. The van der Waals surface area contributed by atoms with E-state index in [0.717, 1.165) is 18.9 Å². The molecule has 1 heterocycles. The highest BCUT2D eigenvalue weighted by Gasteiger charge is 2.08. The molecule has 0 atom stereocenters. The van der Waals surface area contributed by atoms with Gasteiger partial charge in [0.05, 0.1) is 0 Å². The summed E-state index contributed by atoms with van der Waals surface area (Å²) in [5, 5.41) is 9.74. The van der Waals surface area contributed by atoms with Crippen LogP contribution in [0.2, 0.25) is 0 Å². The monoisotopic (exact) mass is 155 g/mol. The van der Waals surface area contributed by atoms with Gasteiger partial charge in [0.2, 0.25) is 0 Å². The van der Waals surface area contributed by atoms with E-state index in [-0.39, 0.29) is 0 Å². The third kappa shape index (κ3) is 2.41. The first-order valence-corrected chi connectivity index (χ1v) is 4.23. The van der Waals surface area contributed by atoms with Gasteiger partial charge in [0.1, 0.15) is 5.84 Å². The van der Waals surface area contributed by atoms with Gasteiger partial charge < -0.3 is 5.32 Å². The predicted octanol–water partition coefficient (Wildman–Crippen LogP) is 0.881. The maximum absolute atomic E-state index is 4.41. The van der Waals surface area contributed by atoms with E-state index in [4.69, 9.17) is 0 Å². The molecule has 64 valence electrons. The molecule has 0 aromatic carbocycles.